The molecule has 0 fully saturated rings. The molecule has 0 aliphatic heterocycles. The normalized spacial score (nSPS) is 11.5. The summed E-state index contributed by atoms with van der Waals surface area (Å²) in [6.07, 6.45) is 4.58. The SMILES string of the molecule is COc1cc(C=Nn2c(C(C)C)nc3ccccc3c2=O)ccc1OC(=O)C=Cc1ccccc1. The standard InChI is InChI=1S/C28H25N3O4/c1-19(2)27-30-23-12-8-7-11-22(23)28(33)31(27)29-18-21-13-15-24(25(17-21)34-3)35-26(32)16-14-20-9-5-4-6-10-20/h4-19H,1-3H3. The molecule has 3 aromatic carbocycles. The van der Waals surface area contributed by atoms with Crippen molar-refractivity contribution in [3.63, 3.8) is 0 Å². The number of aromatic nitrogens is 2. The van der Waals surface area contributed by atoms with Gasteiger partial charge in [-0.1, -0.05) is 56.3 Å². The predicted octanol–water partition coefficient (Wildman–Crippen LogP) is 5.03. The zero-order valence-corrected chi connectivity index (χ0v) is 19.7. The molecular formula is C28H25N3O4. The summed E-state index contributed by atoms with van der Waals surface area (Å²) in [6, 6.07) is 21.7. The Morgan fingerprint density at radius 2 is 1.71 bits per heavy atom. The van der Waals surface area contributed by atoms with Crippen LogP contribution >= 0.6 is 0 Å². The maximum atomic E-state index is 13.1. The first kappa shape index (κ1) is 23.6. The maximum absolute atomic E-state index is 13.1. The van der Waals surface area contributed by atoms with Crippen LogP contribution in [0.4, 0.5) is 0 Å². The van der Waals surface area contributed by atoms with E-state index >= 15 is 0 Å². The highest BCUT2D eigenvalue weighted by molar-refractivity contribution is 5.89. The third-order valence-electron chi connectivity index (χ3n) is 5.23. The van der Waals surface area contributed by atoms with E-state index in [9.17, 15) is 9.59 Å². The number of hydrogen-bond acceptors (Lipinski definition) is 6. The van der Waals surface area contributed by atoms with E-state index in [1.165, 1.54) is 17.9 Å². The van der Waals surface area contributed by atoms with Gasteiger partial charge in [0.05, 0.1) is 24.2 Å². The zero-order chi connectivity index (χ0) is 24.8. The van der Waals surface area contributed by atoms with E-state index in [0.29, 0.717) is 28.0 Å². The summed E-state index contributed by atoms with van der Waals surface area (Å²) in [6.45, 7) is 3.92. The van der Waals surface area contributed by atoms with Crippen molar-refractivity contribution in [2.24, 2.45) is 5.10 Å². The molecule has 0 atom stereocenters. The number of nitrogens with zero attached hydrogens (tertiary/aromatic N) is 3. The van der Waals surface area contributed by atoms with Crippen molar-refractivity contribution in [1.29, 1.82) is 0 Å². The van der Waals surface area contributed by atoms with Crippen LogP contribution in [-0.4, -0.2) is 29.0 Å². The first-order valence-corrected chi connectivity index (χ1v) is 11.2. The highest BCUT2D eigenvalue weighted by Gasteiger charge is 2.13. The average Bonchev–Trinajstić information content (AvgIpc) is 2.88. The molecular weight excluding hydrogens is 442 g/mol. The second-order valence-corrected chi connectivity index (χ2v) is 8.08. The lowest BCUT2D eigenvalue weighted by Crippen LogP contribution is -2.23. The van der Waals surface area contributed by atoms with Gasteiger partial charge in [0.1, 0.15) is 5.82 Å². The summed E-state index contributed by atoms with van der Waals surface area (Å²) < 4.78 is 12.2. The molecule has 0 bridgehead atoms. The molecule has 0 aliphatic carbocycles. The van der Waals surface area contributed by atoms with Gasteiger partial charge in [-0.15, -0.1) is 0 Å². The van der Waals surface area contributed by atoms with Crippen LogP contribution in [0.1, 0.15) is 36.7 Å². The van der Waals surface area contributed by atoms with Gasteiger partial charge in [-0.3, -0.25) is 4.79 Å². The van der Waals surface area contributed by atoms with Crippen LogP contribution in [0.25, 0.3) is 17.0 Å². The monoisotopic (exact) mass is 467 g/mol. The van der Waals surface area contributed by atoms with Gasteiger partial charge >= 0.3 is 5.97 Å². The molecule has 1 aromatic heterocycles. The number of benzene rings is 3. The van der Waals surface area contributed by atoms with Crippen LogP contribution < -0.4 is 15.0 Å². The molecule has 0 saturated heterocycles. The molecule has 0 amide bonds. The van der Waals surface area contributed by atoms with Gasteiger partial charge < -0.3 is 9.47 Å². The van der Waals surface area contributed by atoms with E-state index < -0.39 is 5.97 Å². The molecule has 1 heterocycles. The number of hydrogen-bond donors (Lipinski definition) is 0. The van der Waals surface area contributed by atoms with E-state index in [4.69, 9.17) is 9.47 Å². The molecule has 35 heavy (non-hydrogen) atoms. The van der Waals surface area contributed by atoms with Gasteiger partial charge in [0.25, 0.3) is 5.56 Å². The Bertz CT molecular complexity index is 1470. The smallest absolute Gasteiger partial charge is 0.336 e. The van der Waals surface area contributed by atoms with E-state index in [1.807, 2.05) is 56.3 Å². The lowest BCUT2D eigenvalue weighted by molar-refractivity contribution is -0.129. The van der Waals surface area contributed by atoms with Crippen LogP contribution in [0.3, 0.4) is 0 Å². The second kappa shape index (κ2) is 10.6. The van der Waals surface area contributed by atoms with E-state index in [2.05, 4.69) is 10.1 Å². The number of rotatable bonds is 7. The Morgan fingerprint density at radius 3 is 2.46 bits per heavy atom. The number of carbonyl (C=O) groups is 1. The van der Waals surface area contributed by atoms with Crippen LogP contribution in [-0.2, 0) is 4.79 Å². The lowest BCUT2D eigenvalue weighted by atomic mass is 10.2. The molecule has 0 radical (unpaired) electrons. The summed E-state index contributed by atoms with van der Waals surface area (Å²) in [7, 11) is 1.49. The number of ether oxygens (including phenoxy) is 2. The molecule has 4 rings (SSSR count). The summed E-state index contributed by atoms with van der Waals surface area (Å²) in [4.78, 5) is 29.9. The van der Waals surface area contributed by atoms with Gasteiger partial charge in [0, 0.05) is 12.0 Å². The zero-order valence-electron chi connectivity index (χ0n) is 19.7. The molecule has 4 aromatic rings. The number of esters is 1. The summed E-state index contributed by atoms with van der Waals surface area (Å²) >= 11 is 0. The van der Waals surface area contributed by atoms with Crippen LogP contribution in [0.2, 0.25) is 0 Å². The van der Waals surface area contributed by atoms with E-state index in [0.717, 1.165) is 5.56 Å². The van der Waals surface area contributed by atoms with Gasteiger partial charge in [-0.2, -0.15) is 9.78 Å². The van der Waals surface area contributed by atoms with Crippen LogP contribution in [0.15, 0.2) is 88.8 Å². The van der Waals surface area contributed by atoms with Gasteiger partial charge in [-0.05, 0) is 47.5 Å². The Labute approximate surface area is 203 Å². The minimum Gasteiger partial charge on any atom is -0.493 e. The number of carbonyl (C=O) groups excluding carboxylic acids is 1. The fraction of sp³-hybridized carbons (Fsp3) is 0.143. The third-order valence-corrected chi connectivity index (χ3v) is 5.23. The Morgan fingerprint density at radius 1 is 0.971 bits per heavy atom. The van der Waals surface area contributed by atoms with Crippen molar-refractivity contribution >= 4 is 29.2 Å². The number of fused-ring (bicyclic) bond motifs is 1. The highest BCUT2D eigenvalue weighted by Crippen LogP contribution is 2.28. The first-order valence-electron chi connectivity index (χ1n) is 11.2. The fourth-order valence-corrected chi connectivity index (χ4v) is 3.47. The maximum Gasteiger partial charge on any atom is 0.336 e. The second-order valence-electron chi connectivity index (χ2n) is 8.08. The largest absolute Gasteiger partial charge is 0.493 e. The highest BCUT2D eigenvalue weighted by atomic mass is 16.6. The molecule has 176 valence electrons. The summed E-state index contributed by atoms with van der Waals surface area (Å²) in [5, 5.41) is 4.92. The van der Waals surface area contributed by atoms with Crippen molar-refractivity contribution in [2.45, 2.75) is 19.8 Å². The van der Waals surface area contributed by atoms with Crippen molar-refractivity contribution < 1.29 is 14.3 Å². The fourth-order valence-electron chi connectivity index (χ4n) is 3.47. The first-order chi connectivity index (χ1) is 17.0. The van der Waals surface area contributed by atoms with Gasteiger partial charge in [-0.25, -0.2) is 9.78 Å². The predicted molar refractivity (Wildman–Crippen MR) is 137 cm³/mol. The molecule has 7 nitrogen and oxygen atoms in total. The number of methoxy groups -OCH3 is 1. The minimum atomic E-state index is -0.524. The minimum absolute atomic E-state index is 0.00952. The van der Waals surface area contributed by atoms with Crippen LogP contribution in [0, 0.1) is 0 Å². The summed E-state index contributed by atoms with van der Waals surface area (Å²) in [5.74, 6) is 0.671. The Hall–Kier alpha value is -4.52. The summed E-state index contributed by atoms with van der Waals surface area (Å²) in [5.41, 5.74) is 1.96. The van der Waals surface area contributed by atoms with Crippen molar-refractivity contribution in [3.05, 3.63) is 106 Å². The number of para-hydroxylation sites is 1. The molecule has 0 aliphatic rings. The molecule has 0 unspecified atom stereocenters. The van der Waals surface area contributed by atoms with Gasteiger partial charge in [0.15, 0.2) is 11.5 Å². The van der Waals surface area contributed by atoms with Crippen LogP contribution in [0.5, 0.6) is 11.5 Å². The lowest BCUT2D eigenvalue weighted by Gasteiger charge is -2.12. The molecule has 0 N–H and O–H groups in total. The van der Waals surface area contributed by atoms with E-state index in [1.54, 1.807) is 42.6 Å². The van der Waals surface area contributed by atoms with Crippen molar-refractivity contribution in [1.82, 2.24) is 9.66 Å². The average molecular weight is 468 g/mol. The van der Waals surface area contributed by atoms with Crippen molar-refractivity contribution in [2.75, 3.05) is 7.11 Å². The van der Waals surface area contributed by atoms with Gasteiger partial charge in [0.2, 0.25) is 0 Å². The van der Waals surface area contributed by atoms with Crippen molar-refractivity contribution in [3.8, 4) is 11.5 Å². The molecule has 7 heteroatoms. The van der Waals surface area contributed by atoms with E-state index in [-0.39, 0.29) is 17.2 Å². The topological polar surface area (TPSA) is 82.8 Å². The molecule has 0 saturated carbocycles. The molecule has 0 spiro atoms. The Kier molecular flexibility index (Phi) is 7.16. The third kappa shape index (κ3) is 5.52. The quantitative estimate of drug-likeness (QED) is 0.165. The Balaban J connectivity index is 1.59.